The van der Waals surface area contributed by atoms with Gasteiger partial charge in [-0.1, -0.05) is 54.6 Å². The minimum atomic E-state index is -0.351. The number of fused-ring (bicyclic) bond motifs is 1. The number of carbonyl (C=O) groups is 1. The van der Waals surface area contributed by atoms with Crippen molar-refractivity contribution in [3.05, 3.63) is 90.5 Å². The van der Waals surface area contributed by atoms with Crippen molar-refractivity contribution in [3.8, 4) is 0 Å². The van der Waals surface area contributed by atoms with E-state index in [1.54, 1.807) is 4.90 Å². The van der Waals surface area contributed by atoms with Gasteiger partial charge in [-0.25, -0.2) is 0 Å². The second kappa shape index (κ2) is 5.85. The summed E-state index contributed by atoms with van der Waals surface area (Å²) in [4.78, 5) is 16.9. The first kappa shape index (κ1) is 14.5. The second-order valence-electron chi connectivity index (χ2n) is 5.90. The Morgan fingerprint density at radius 3 is 1.83 bits per heavy atom. The third-order valence-corrected chi connectivity index (χ3v) is 4.48. The Labute approximate surface area is 141 Å². The van der Waals surface area contributed by atoms with E-state index in [-0.39, 0.29) is 11.9 Å². The highest BCUT2D eigenvalue weighted by atomic mass is 16.2. The van der Waals surface area contributed by atoms with Gasteiger partial charge in [-0.3, -0.25) is 4.79 Å². The van der Waals surface area contributed by atoms with Crippen LogP contribution in [0.25, 0.3) is 0 Å². The van der Waals surface area contributed by atoms with Gasteiger partial charge in [0.2, 0.25) is 0 Å². The first-order chi connectivity index (χ1) is 11.8. The molecule has 0 saturated heterocycles. The topological polar surface area (TPSA) is 23.6 Å². The molecule has 0 aliphatic carbocycles. The summed E-state index contributed by atoms with van der Waals surface area (Å²) < 4.78 is 0. The zero-order valence-electron chi connectivity index (χ0n) is 13.5. The molecule has 0 bridgehead atoms. The highest BCUT2D eigenvalue weighted by Gasteiger charge is 2.39. The van der Waals surface area contributed by atoms with Crippen LogP contribution in [-0.2, 0) is 4.79 Å². The van der Waals surface area contributed by atoms with Crippen LogP contribution in [0.1, 0.15) is 11.6 Å². The van der Waals surface area contributed by atoms with E-state index in [9.17, 15) is 4.79 Å². The summed E-state index contributed by atoms with van der Waals surface area (Å²) >= 11 is 0. The van der Waals surface area contributed by atoms with E-state index in [2.05, 4.69) is 4.90 Å². The average molecular weight is 314 g/mol. The van der Waals surface area contributed by atoms with E-state index < -0.39 is 0 Å². The zero-order valence-corrected chi connectivity index (χ0v) is 13.5. The number of likely N-dealkylation sites (N-methyl/N-ethyl adjacent to an activating group) is 1. The molecule has 1 aliphatic rings. The zero-order chi connectivity index (χ0) is 16.5. The van der Waals surface area contributed by atoms with Crippen LogP contribution in [0.15, 0.2) is 84.9 Å². The first-order valence-corrected chi connectivity index (χ1v) is 8.03. The van der Waals surface area contributed by atoms with E-state index in [4.69, 9.17) is 0 Å². The van der Waals surface area contributed by atoms with E-state index in [0.717, 1.165) is 22.6 Å². The van der Waals surface area contributed by atoms with Gasteiger partial charge in [-0.15, -0.1) is 0 Å². The Hall–Kier alpha value is -3.07. The van der Waals surface area contributed by atoms with Crippen LogP contribution in [0, 0.1) is 0 Å². The predicted molar refractivity (Wildman–Crippen MR) is 97.6 cm³/mol. The molecule has 0 aromatic heterocycles. The van der Waals surface area contributed by atoms with Crippen LogP contribution in [0.4, 0.5) is 17.1 Å². The Morgan fingerprint density at radius 2 is 1.25 bits per heavy atom. The average Bonchev–Trinajstić information content (AvgIpc) is 2.90. The van der Waals surface area contributed by atoms with Crippen molar-refractivity contribution >= 4 is 23.0 Å². The lowest BCUT2D eigenvalue weighted by atomic mass is 10.0. The molecule has 1 atom stereocenters. The fraction of sp³-hybridized carbons (Fsp3) is 0.0952. The lowest BCUT2D eigenvalue weighted by Crippen LogP contribution is -2.33. The van der Waals surface area contributed by atoms with Crippen molar-refractivity contribution in [1.29, 1.82) is 0 Å². The molecule has 0 N–H and O–H groups in total. The lowest BCUT2D eigenvalue weighted by Gasteiger charge is -2.30. The van der Waals surface area contributed by atoms with Gasteiger partial charge in [0.1, 0.15) is 6.04 Å². The molecule has 1 aliphatic heterocycles. The molecular formula is C21H18N2O. The van der Waals surface area contributed by atoms with E-state index in [1.165, 1.54) is 0 Å². The smallest absolute Gasteiger partial charge is 0.254 e. The van der Waals surface area contributed by atoms with Crippen LogP contribution in [-0.4, -0.2) is 13.0 Å². The number of hydrogen-bond donors (Lipinski definition) is 0. The van der Waals surface area contributed by atoms with Crippen LogP contribution in [0.3, 0.4) is 0 Å². The van der Waals surface area contributed by atoms with Gasteiger partial charge in [-0.05, 0) is 30.3 Å². The van der Waals surface area contributed by atoms with Crippen molar-refractivity contribution in [1.82, 2.24) is 0 Å². The van der Waals surface area contributed by atoms with Crippen molar-refractivity contribution in [2.45, 2.75) is 6.04 Å². The van der Waals surface area contributed by atoms with Gasteiger partial charge in [0.25, 0.3) is 5.91 Å². The third-order valence-electron chi connectivity index (χ3n) is 4.48. The highest BCUT2D eigenvalue weighted by Crippen LogP contribution is 2.43. The molecule has 1 amide bonds. The van der Waals surface area contributed by atoms with Crippen molar-refractivity contribution in [3.63, 3.8) is 0 Å². The fourth-order valence-electron chi connectivity index (χ4n) is 3.33. The van der Waals surface area contributed by atoms with Crippen molar-refractivity contribution in [2.24, 2.45) is 0 Å². The molecule has 1 unspecified atom stereocenters. The van der Waals surface area contributed by atoms with Crippen LogP contribution in [0.5, 0.6) is 0 Å². The number of amides is 1. The van der Waals surface area contributed by atoms with E-state index >= 15 is 0 Å². The summed E-state index contributed by atoms with van der Waals surface area (Å²) in [6.45, 7) is 0. The van der Waals surface area contributed by atoms with Gasteiger partial charge < -0.3 is 9.80 Å². The number of nitrogens with zero attached hydrogens (tertiary/aromatic N) is 2. The first-order valence-electron chi connectivity index (χ1n) is 8.03. The summed E-state index contributed by atoms with van der Waals surface area (Å²) in [6.07, 6.45) is 0. The van der Waals surface area contributed by atoms with Crippen LogP contribution >= 0.6 is 0 Å². The standard InChI is InChI=1S/C21H18N2O/c1-22-19-15-9-8-14-18(19)20(21(22)24)23(16-10-4-2-5-11-16)17-12-6-3-7-13-17/h2-15,20H,1H3. The number of hydrogen-bond acceptors (Lipinski definition) is 2. The summed E-state index contributed by atoms with van der Waals surface area (Å²) in [6, 6.07) is 27.8. The molecule has 118 valence electrons. The van der Waals surface area contributed by atoms with Crippen LogP contribution < -0.4 is 9.80 Å². The maximum atomic E-state index is 13.0. The highest BCUT2D eigenvalue weighted by molar-refractivity contribution is 6.07. The largest absolute Gasteiger partial charge is 0.325 e. The summed E-state index contributed by atoms with van der Waals surface area (Å²) in [5.41, 5.74) is 4.03. The second-order valence-corrected chi connectivity index (χ2v) is 5.90. The van der Waals surface area contributed by atoms with Crippen molar-refractivity contribution < 1.29 is 4.79 Å². The summed E-state index contributed by atoms with van der Waals surface area (Å²) in [5.74, 6) is 0.0870. The van der Waals surface area contributed by atoms with Gasteiger partial charge >= 0.3 is 0 Å². The van der Waals surface area contributed by atoms with Gasteiger partial charge in [0.05, 0.1) is 0 Å². The minimum Gasteiger partial charge on any atom is -0.325 e. The molecule has 4 rings (SSSR count). The van der Waals surface area contributed by atoms with Crippen LogP contribution in [0.2, 0.25) is 0 Å². The molecule has 3 heteroatoms. The minimum absolute atomic E-state index is 0.0870. The maximum absolute atomic E-state index is 13.0. The lowest BCUT2D eigenvalue weighted by molar-refractivity contribution is -0.118. The van der Waals surface area contributed by atoms with E-state index in [0.29, 0.717) is 0 Å². The molecule has 0 fully saturated rings. The number of para-hydroxylation sites is 3. The molecule has 1 heterocycles. The van der Waals surface area contributed by atoms with Gasteiger partial charge in [0.15, 0.2) is 0 Å². The van der Waals surface area contributed by atoms with Gasteiger partial charge in [0, 0.05) is 29.7 Å². The fourth-order valence-corrected chi connectivity index (χ4v) is 3.33. The number of rotatable bonds is 3. The SMILES string of the molecule is CN1C(=O)C(N(c2ccccc2)c2ccccc2)c2ccccc21. The Kier molecular flexibility index (Phi) is 3.54. The van der Waals surface area contributed by atoms with Gasteiger partial charge in [-0.2, -0.15) is 0 Å². The molecule has 3 nitrogen and oxygen atoms in total. The quantitative estimate of drug-likeness (QED) is 0.708. The number of carbonyl (C=O) groups excluding carboxylic acids is 1. The van der Waals surface area contributed by atoms with E-state index in [1.807, 2.05) is 92.0 Å². The summed E-state index contributed by atoms with van der Waals surface area (Å²) in [7, 11) is 1.84. The molecular weight excluding hydrogens is 296 g/mol. The van der Waals surface area contributed by atoms with Crippen molar-refractivity contribution in [2.75, 3.05) is 16.8 Å². The molecule has 3 aromatic carbocycles. The molecule has 0 radical (unpaired) electrons. The number of benzene rings is 3. The summed E-state index contributed by atoms with van der Waals surface area (Å²) in [5, 5.41) is 0. The Bertz CT molecular complexity index is 822. The Morgan fingerprint density at radius 1 is 0.750 bits per heavy atom. The molecule has 3 aromatic rings. The Balaban J connectivity index is 1.90. The molecule has 24 heavy (non-hydrogen) atoms. The number of anilines is 3. The molecule has 0 saturated carbocycles. The monoisotopic (exact) mass is 314 g/mol. The normalized spacial score (nSPS) is 16.1. The maximum Gasteiger partial charge on any atom is 0.254 e. The molecule has 0 spiro atoms. The third kappa shape index (κ3) is 2.26. The predicted octanol–water partition coefficient (Wildman–Crippen LogP) is 4.54.